The lowest BCUT2D eigenvalue weighted by Crippen LogP contribution is -2.30. The van der Waals surface area contributed by atoms with Crippen molar-refractivity contribution in [3.63, 3.8) is 0 Å². The van der Waals surface area contributed by atoms with Gasteiger partial charge in [0.25, 0.3) is 0 Å². The van der Waals surface area contributed by atoms with E-state index < -0.39 is 0 Å². The summed E-state index contributed by atoms with van der Waals surface area (Å²) < 4.78 is 0. The third-order valence-corrected chi connectivity index (χ3v) is 4.75. The van der Waals surface area contributed by atoms with Crippen LogP contribution in [0.25, 0.3) is 0 Å². The maximum Gasteiger partial charge on any atom is 0.0406 e. The Bertz CT molecular complexity index is 333. The van der Waals surface area contributed by atoms with Crippen molar-refractivity contribution >= 4 is 23.4 Å². The minimum Gasteiger partial charge on any atom is -0.303 e. The molecule has 1 aliphatic rings. The van der Waals surface area contributed by atoms with Crippen molar-refractivity contribution in [3.8, 4) is 0 Å². The summed E-state index contributed by atoms with van der Waals surface area (Å²) in [7, 11) is 0. The van der Waals surface area contributed by atoms with Crippen molar-refractivity contribution in [1.82, 2.24) is 4.90 Å². The lowest BCUT2D eigenvalue weighted by molar-refractivity contribution is 0.226. The van der Waals surface area contributed by atoms with Crippen molar-refractivity contribution in [2.24, 2.45) is 0 Å². The monoisotopic (exact) mass is 283 g/mol. The van der Waals surface area contributed by atoms with E-state index in [-0.39, 0.29) is 0 Å². The molecule has 0 aliphatic carbocycles. The van der Waals surface area contributed by atoms with E-state index >= 15 is 0 Å². The molecule has 0 spiro atoms. The number of nitrogens with zero attached hydrogens (tertiary/aromatic N) is 1. The van der Waals surface area contributed by atoms with E-state index in [0.29, 0.717) is 0 Å². The first kappa shape index (κ1) is 14.2. The first-order valence-electron chi connectivity index (χ1n) is 6.95. The van der Waals surface area contributed by atoms with Crippen molar-refractivity contribution in [1.29, 1.82) is 0 Å². The standard InChI is InChI=1S/C15H22ClNS/c16-14-6-8-15(9-7-14)18-13-5-4-12-17-10-2-1-3-11-17/h6-9H,1-5,10-13H2. The van der Waals surface area contributed by atoms with Crippen molar-refractivity contribution in [2.75, 3.05) is 25.4 Å². The number of thioether (sulfide) groups is 1. The van der Waals surface area contributed by atoms with Gasteiger partial charge in [-0.2, -0.15) is 0 Å². The fraction of sp³-hybridized carbons (Fsp3) is 0.600. The van der Waals surface area contributed by atoms with Gasteiger partial charge >= 0.3 is 0 Å². The van der Waals surface area contributed by atoms with E-state index in [0.717, 1.165) is 5.02 Å². The predicted molar refractivity (Wildman–Crippen MR) is 81.7 cm³/mol. The molecule has 1 aromatic carbocycles. The van der Waals surface area contributed by atoms with Crippen LogP contribution in [0.1, 0.15) is 32.1 Å². The maximum absolute atomic E-state index is 5.87. The number of piperidine rings is 1. The number of likely N-dealkylation sites (tertiary alicyclic amines) is 1. The molecule has 0 saturated carbocycles. The van der Waals surface area contributed by atoms with E-state index in [1.54, 1.807) is 0 Å². The molecule has 1 heterocycles. The average molecular weight is 284 g/mol. The highest BCUT2D eigenvalue weighted by Gasteiger charge is 2.08. The van der Waals surface area contributed by atoms with Gasteiger partial charge in [-0.25, -0.2) is 0 Å². The zero-order valence-corrected chi connectivity index (χ0v) is 12.5. The summed E-state index contributed by atoms with van der Waals surface area (Å²) in [6, 6.07) is 8.16. The molecule has 0 unspecified atom stereocenters. The van der Waals surface area contributed by atoms with Crippen LogP contribution in [-0.4, -0.2) is 30.3 Å². The topological polar surface area (TPSA) is 3.24 Å². The molecule has 1 saturated heterocycles. The zero-order valence-electron chi connectivity index (χ0n) is 10.9. The Labute approximate surface area is 120 Å². The molecular weight excluding hydrogens is 262 g/mol. The molecule has 18 heavy (non-hydrogen) atoms. The number of unbranched alkanes of at least 4 members (excludes halogenated alkanes) is 1. The van der Waals surface area contributed by atoms with Crippen molar-refractivity contribution in [3.05, 3.63) is 29.3 Å². The summed E-state index contributed by atoms with van der Waals surface area (Å²) in [5.41, 5.74) is 0. The van der Waals surface area contributed by atoms with Crippen molar-refractivity contribution < 1.29 is 0 Å². The van der Waals surface area contributed by atoms with Gasteiger partial charge in [0, 0.05) is 9.92 Å². The van der Waals surface area contributed by atoms with Gasteiger partial charge in [0.1, 0.15) is 0 Å². The van der Waals surface area contributed by atoms with Crippen LogP contribution in [0, 0.1) is 0 Å². The van der Waals surface area contributed by atoms with Crippen LogP contribution >= 0.6 is 23.4 Å². The van der Waals surface area contributed by atoms with Gasteiger partial charge in [0.15, 0.2) is 0 Å². The number of benzene rings is 1. The molecule has 0 bridgehead atoms. The number of hydrogen-bond donors (Lipinski definition) is 0. The number of halogens is 1. The Hall–Kier alpha value is -0.180. The summed E-state index contributed by atoms with van der Waals surface area (Å²) in [6.45, 7) is 3.94. The molecule has 0 radical (unpaired) electrons. The molecule has 1 aliphatic heterocycles. The van der Waals surface area contributed by atoms with E-state index in [2.05, 4.69) is 17.0 Å². The smallest absolute Gasteiger partial charge is 0.0406 e. The molecule has 100 valence electrons. The van der Waals surface area contributed by atoms with Gasteiger partial charge in [-0.15, -0.1) is 11.8 Å². The molecule has 1 aromatic rings. The Morgan fingerprint density at radius 2 is 1.72 bits per heavy atom. The molecule has 0 N–H and O–H groups in total. The Morgan fingerprint density at radius 1 is 1.00 bits per heavy atom. The second kappa shape index (κ2) is 8.08. The first-order chi connectivity index (χ1) is 8.84. The highest BCUT2D eigenvalue weighted by molar-refractivity contribution is 7.99. The lowest BCUT2D eigenvalue weighted by atomic mass is 10.1. The summed E-state index contributed by atoms with van der Waals surface area (Å²) in [5, 5.41) is 0.824. The second-order valence-electron chi connectivity index (χ2n) is 4.91. The molecule has 0 amide bonds. The molecule has 2 rings (SSSR count). The molecule has 1 nitrogen and oxygen atoms in total. The van der Waals surface area contributed by atoms with Gasteiger partial charge in [0.05, 0.1) is 0 Å². The van der Waals surface area contributed by atoms with E-state index in [9.17, 15) is 0 Å². The summed E-state index contributed by atoms with van der Waals surface area (Å²) in [6.07, 6.45) is 6.88. The summed E-state index contributed by atoms with van der Waals surface area (Å²) in [4.78, 5) is 3.95. The van der Waals surface area contributed by atoms with Crippen LogP contribution in [0.15, 0.2) is 29.2 Å². The SMILES string of the molecule is Clc1ccc(SCCCCN2CCCCC2)cc1. The minimum atomic E-state index is 0.824. The fourth-order valence-corrected chi connectivity index (χ4v) is 3.38. The second-order valence-corrected chi connectivity index (χ2v) is 6.52. The Balaban J connectivity index is 1.54. The zero-order chi connectivity index (χ0) is 12.6. The highest BCUT2D eigenvalue weighted by atomic mass is 35.5. The largest absolute Gasteiger partial charge is 0.303 e. The van der Waals surface area contributed by atoms with E-state index in [4.69, 9.17) is 11.6 Å². The third kappa shape index (κ3) is 5.21. The average Bonchev–Trinajstić information content (AvgIpc) is 2.42. The van der Waals surface area contributed by atoms with Gasteiger partial charge in [-0.3, -0.25) is 0 Å². The molecule has 0 aromatic heterocycles. The van der Waals surface area contributed by atoms with Crippen LogP contribution in [-0.2, 0) is 0 Å². The highest BCUT2D eigenvalue weighted by Crippen LogP contribution is 2.21. The van der Waals surface area contributed by atoms with Crippen molar-refractivity contribution in [2.45, 2.75) is 37.0 Å². The molecule has 3 heteroatoms. The Morgan fingerprint density at radius 3 is 2.44 bits per heavy atom. The normalized spacial score (nSPS) is 16.9. The van der Waals surface area contributed by atoms with Crippen LogP contribution in [0.2, 0.25) is 5.02 Å². The number of hydrogen-bond acceptors (Lipinski definition) is 2. The minimum absolute atomic E-state index is 0.824. The predicted octanol–water partition coefficient (Wildman–Crippen LogP) is 4.70. The van der Waals surface area contributed by atoms with Crippen LogP contribution < -0.4 is 0 Å². The summed E-state index contributed by atoms with van der Waals surface area (Å²) in [5.74, 6) is 1.22. The quantitative estimate of drug-likeness (QED) is 0.550. The van der Waals surface area contributed by atoms with Crippen LogP contribution in [0.4, 0.5) is 0 Å². The molecule has 1 fully saturated rings. The summed E-state index contributed by atoms with van der Waals surface area (Å²) >= 11 is 7.81. The molecular formula is C15H22ClNS. The van der Waals surface area contributed by atoms with Crippen LogP contribution in [0.3, 0.4) is 0 Å². The van der Waals surface area contributed by atoms with Gasteiger partial charge in [-0.05, 0) is 75.3 Å². The maximum atomic E-state index is 5.87. The van der Waals surface area contributed by atoms with Gasteiger partial charge < -0.3 is 4.90 Å². The number of rotatable bonds is 6. The first-order valence-corrected chi connectivity index (χ1v) is 8.32. The van der Waals surface area contributed by atoms with Gasteiger partial charge in [-0.1, -0.05) is 18.0 Å². The third-order valence-electron chi connectivity index (χ3n) is 3.40. The van der Waals surface area contributed by atoms with Crippen LogP contribution in [0.5, 0.6) is 0 Å². The molecule has 0 atom stereocenters. The fourth-order valence-electron chi connectivity index (χ4n) is 2.34. The van der Waals surface area contributed by atoms with Gasteiger partial charge in [0.2, 0.25) is 0 Å². The van der Waals surface area contributed by atoms with E-state index in [1.165, 1.54) is 62.4 Å². The lowest BCUT2D eigenvalue weighted by Gasteiger charge is -2.26. The Kier molecular flexibility index (Phi) is 6.39. The van der Waals surface area contributed by atoms with E-state index in [1.807, 2.05) is 23.9 Å².